The smallest absolute Gasteiger partial charge is 0.315 e. The molecular formula is C20H32N4O2. The fraction of sp³-hybridized carbons (Fsp3) is 0.600. The molecule has 2 rings (SSSR count). The molecule has 3 N–H and O–H groups in total. The van der Waals surface area contributed by atoms with Gasteiger partial charge in [-0.25, -0.2) is 4.79 Å². The Morgan fingerprint density at radius 2 is 1.88 bits per heavy atom. The van der Waals surface area contributed by atoms with Crippen LogP contribution in [-0.4, -0.2) is 42.0 Å². The first-order valence-corrected chi connectivity index (χ1v) is 9.45. The first-order valence-electron chi connectivity index (χ1n) is 9.45. The number of carbonyl (C=O) groups is 2. The Morgan fingerprint density at radius 3 is 2.54 bits per heavy atom. The van der Waals surface area contributed by atoms with Crippen LogP contribution < -0.4 is 16.0 Å². The zero-order valence-electron chi connectivity index (χ0n) is 16.4. The fourth-order valence-electron chi connectivity index (χ4n) is 3.33. The summed E-state index contributed by atoms with van der Waals surface area (Å²) in [5.41, 5.74) is 1.63. The number of nitrogens with one attached hydrogen (secondary N) is 3. The zero-order chi connectivity index (χ0) is 19.2. The van der Waals surface area contributed by atoms with E-state index in [2.05, 4.69) is 34.7 Å². The summed E-state index contributed by atoms with van der Waals surface area (Å²) in [6.07, 6.45) is 3.77. The van der Waals surface area contributed by atoms with E-state index in [4.69, 9.17) is 0 Å². The highest BCUT2D eigenvalue weighted by Gasteiger charge is 2.28. The van der Waals surface area contributed by atoms with Gasteiger partial charge in [-0.2, -0.15) is 0 Å². The lowest BCUT2D eigenvalue weighted by atomic mass is 9.98. The number of hydrogen-bond acceptors (Lipinski definition) is 3. The lowest BCUT2D eigenvalue weighted by molar-refractivity contribution is -0.114. The van der Waals surface area contributed by atoms with Crippen molar-refractivity contribution in [3.63, 3.8) is 0 Å². The second-order valence-corrected chi connectivity index (χ2v) is 7.72. The summed E-state index contributed by atoms with van der Waals surface area (Å²) >= 11 is 0. The Hall–Kier alpha value is -2.08. The molecule has 26 heavy (non-hydrogen) atoms. The quantitative estimate of drug-likeness (QED) is 0.729. The molecule has 1 aromatic carbocycles. The summed E-state index contributed by atoms with van der Waals surface area (Å²) in [6.45, 7) is 10.6. The number of urea groups is 1. The van der Waals surface area contributed by atoms with Crippen molar-refractivity contribution in [2.45, 2.75) is 58.5 Å². The van der Waals surface area contributed by atoms with Crippen LogP contribution in [0.2, 0.25) is 0 Å². The van der Waals surface area contributed by atoms with E-state index in [1.54, 1.807) is 0 Å². The molecule has 1 aliphatic heterocycles. The average Bonchev–Trinajstić information content (AvgIpc) is 2.60. The molecule has 1 aromatic rings. The molecule has 144 valence electrons. The van der Waals surface area contributed by atoms with Gasteiger partial charge in [0.2, 0.25) is 5.91 Å². The first-order chi connectivity index (χ1) is 12.3. The van der Waals surface area contributed by atoms with Gasteiger partial charge in [0.25, 0.3) is 0 Å². The van der Waals surface area contributed by atoms with E-state index in [1.807, 2.05) is 31.2 Å². The Labute approximate surface area is 156 Å². The molecule has 3 amide bonds. The number of likely N-dealkylation sites (tertiary alicyclic amines) is 1. The molecule has 1 aliphatic rings. The van der Waals surface area contributed by atoms with Crippen molar-refractivity contribution < 1.29 is 9.59 Å². The van der Waals surface area contributed by atoms with Crippen molar-refractivity contribution >= 4 is 17.6 Å². The number of amides is 3. The van der Waals surface area contributed by atoms with Crippen LogP contribution in [-0.2, 0) is 4.79 Å². The van der Waals surface area contributed by atoms with Crippen LogP contribution in [0, 0.1) is 0 Å². The van der Waals surface area contributed by atoms with Gasteiger partial charge in [-0.05, 0) is 64.4 Å². The maximum Gasteiger partial charge on any atom is 0.315 e. The standard InChI is InChI=1S/C20H32N4O2/c1-15(17-9-8-10-18(13-17)23-16(2)25)22-19(26)21-14-20(3,4)24-11-6-5-7-12-24/h8-10,13,15H,5-7,11-12,14H2,1-4H3,(H,23,25)(H2,21,22,26). The largest absolute Gasteiger partial charge is 0.336 e. The summed E-state index contributed by atoms with van der Waals surface area (Å²) in [5.74, 6) is -0.111. The number of anilines is 1. The van der Waals surface area contributed by atoms with Crippen LogP contribution in [0.25, 0.3) is 0 Å². The molecule has 0 saturated carbocycles. The van der Waals surface area contributed by atoms with Crippen LogP contribution in [0.3, 0.4) is 0 Å². The Kier molecular flexibility index (Phi) is 7.03. The van der Waals surface area contributed by atoms with Gasteiger partial charge in [-0.3, -0.25) is 9.69 Å². The SMILES string of the molecule is CC(=O)Nc1cccc(C(C)NC(=O)NCC(C)(C)N2CCCCC2)c1. The third-order valence-corrected chi connectivity index (χ3v) is 4.95. The Morgan fingerprint density at radius 1 is 1.19 bits per heavy atom. The lowest BCUT2D eigenvalue weighted by Gasteiger charge is -2.41. The van der Waals surface area contributed by atoms with Crippen molar-refractivity contribution in [2.75, 3.05) is 25.0 Å². The number of rotatable bonds is 6. The van der Waals surface area contributed by atoms with Crippen molar-refractivity contribution in [1.29, 1.82) is 0 Å². The maximum absolute atomic E-state index is 12.3. The summed E-state index contributed by atoms with van der Waals surface area (Å²) < 4.78 is 0. The highest BCUT2D eigenvalue weighted by molar-refractivity contribution is 5.88. The van der Waals surface area contributed by atoms with Gasteiger partial charge in [-0.1, -0.05) is 18.6 Å². The minimum Gasteiger partial charge on any atom is -0.336 e. The van der Waals surface area contributed by atoms with E-state index >= 15 is 0 Å². The monoisotopic (exact) mass is 360 g/mol. The second-order valence-electron chi connectivity index (χ2n) is 7.72. The van der Waals surface area contributed by atoms with Gasteiger partial charge in [0.05, 0.1) is 6.04 Å². The third-order valence-electron chi connectivity index (χ3n) is 4.95. The van der Waals surface area contributed by atoms with Gasteiger partial charge < -0.3 is 16.0 Å². The summed E-state index contributed by atoms with van der Waals surface area (Å²) in [6, 6.07) is 7.20. The molecule has 1 atom stereocenters. The number of carbonyl (C=O) groups excluding carboxylic acids is 2. The van der Waals surface area contributed by atoms with E-state index < -0.39 is 0 Å². The normalized spacial score (nSPS) is 16.6. The van der Waals surface area contributed by atoms with E-state index in [1.165, 1.54) is 26.2 Å². The molecule has 1 heterocycles. The number of piperidine rings is 1. The summed E-state index contributed by atoms with van der Waals surface area (Å²) in [4.78, 5) is 26.0. The van der Waals surface area contributed by atoms with Gasteiger partial charge in [0, 0.05) is 24.7 Å². The number of hydrogen-bond donors (Lipinski definition) is 3. The van der Waals surface area contributed by atoms with Gasteiger partial charge in [-0.15, -0.1) is 0 Å². The van der Waals surface area contributed by atoms with Crippen LogP contribution >= 0.6 is 0 Å². The van der Waals surface area contributed by atoms with E-state index in [0.29, 0.717) is 6.54 Å². The minimum atomic E-state index is -0.174. The van der Waals surface area contributed by atoms with Crippen LogP contribution in [0.15, 0.2) is 24.3 Å². The van der Waals surface area contributed by atoms with Gasteiger partial charge in [0.15, 0.2) is 0 Å². The van der Waals surface area contributed by atoms with E-state index in [0.717, 1.165) is 24.3 Å². The predicted molar refractivity (Wildman–Crippen MR) is 105 cm³/mol. The molecule has 1 unspecified atom stereocenters. The molecule has 0 spiro atoms. The molecule has 1 saturated heterocycles. The molecule has 0 aromatic heterocycles. The van der Waals surface area contributed by atoms with Crippen LogP contribution in [0.4, 0.5) is 10.5 Å². The average molecular weight is 361 g/mol. The van der Waals surface area contributed by atoms with Crippen molar-refractivity contribution in [3.8, 4) is 0 Å². The van der Waals surface area contributed by atoms with Crippen molar-refractivity contribution in [3.05, 3.63) is 29.8 Å². The summed E-state index contributed by atoms with van der Waals surface area (Å²) in [5, 5.41) is 8.74. The maximum atomic E-state index is 12.3. The van der Waals surface area contributed by atoms with Crippen LogP contribution in [0.5, 0.6) is 0 Å². The first kappa shape index (κ1) is 20.2. The molecule has 0 aliphatic carbocycles. The molecular weight excluding hydrogens is 328 g/mol. The minimum absolute atomic E-state index is 0.0493. The van der Waals surface area contributed by atoms with Crippen molar-refractivity contribution in [2.24, 2.45) is 0 Å². The molecule has 1 fully saturated rings. The highest BCUT2D eigenvalue weighted by atomic mass is 16.2. The molecule has 6 nitrogen and oxygen atoms in total. The summed E-state index contributed by atoms with van der Waals surface area (Å²) in [7, 11) is 0. The van der Waals surface area contributed by atoms with Crippen molar-refractivity contribution in [1.82, 2.24) is 15.5 Å². The Bertz CT molecular complexity index is 624. The van der Waals surface area contributed by atoms with Crippen LogP contribution in [0.1, 0.15) is 58.6 Å². The highest BCUT2D eigenvalue weighted by Crippen LogP contribution is 2.20. The van der Waals surface area contributed by atoms with Gasteiger partial charge in [0.1, 0.15) is 0 Å². The number of benzene rings is 1. The number of nitrogens with zero attached hydrogens (tertiary/aromatic N) is 1. The second kappa shape index (κ2) is 9.03. The fourth-order valence-corrected chi connectivity index (χ4v) is 3.33. The van der Waals surface area contributed by atoms with E-state index in [-0.39, 0.29) is 23.5 Å². The topological polar surface area (TPSA) is 73.5 Å². The van der Waals surface area contributed by atoms with Gasteiger partial charge >= 0.3 is 6.03 Å². The lowest BCUT2D eigenvalue weighted by Crippen LogP contribution is -2.54. The van der Waals surface area contributed by atoms with E-state index in [9.17, 15) is 9.59 Å². The molecule has 0 radical (unpaired) electrons. The molecule has 0 bridgehead atoms. The predicted octanol–water partition coefficient (Wildman–Crippen LogP) is 3.27. The third kappa shape index (κ3) is 6.02. The zero-order valence-corrected chi connectivity index (χ0v) is 16.4. The Balaban J connectivity index is 1.85. The molecule has 6 heteroatoms.